The lowest BCUT2D eigenvalue weighted by Gasteiger charge is -2.34. The quantitative estimate of drug-likeness (QED) is 0.230. The normalized spacial score (nSPS) is 17.7. The second-order valence-corrected chi connectivity index (χ2v) is 9.27. The number of hydrogen-bond donors (Lipinski definition) is 4. The number of aromatic hydroxyl groups is 1. The Morgan fingerprint density at radius 1 is 1.25 bits per heavy atom. The van der Waals surface area contributed by atoms with Gasteiger partial charge in [-0.2, -0.15) is 5.10 Å². The minimum Gasteiger partial charge on any atom is -0.508 e. The van der Waals surface area contributed by atoms with Gasteiger partial charge in [0.05, 0.1) is 35.8 Å². The maximum absolute atomic E-state index is 9.86. The number of hydrogen-bond acceptors (Lipinski definition) is 7. The van der Waals surface area contributed by atoms with Crippen LogP contribution >= 0.6 is 0 Å². The summed E-state index contributed by atoms with van der Waals surface area (Å²) in [6.07, 6.45) is 8.03. The maximum atomic E-state index is 9.86. The molecule has 4 aromatic rings. The van der Waals surface area contributed by atoms with Gasteiger partial charge in [0.1, 0.15) is 11.6 Å². The Morgan fingerprint density at radius 3 is 2.75 bits per heavy atom. The van der Waals surface area contributed by atoms with Crippen LogP contribution < -0.4 is 21.5 Å². The van der Waals surface area contributed by atoms with Crippen molar-refractivity contribution in [1.82, 2.24) is 14.6 Å². The summed E-state index contributed by atoms with van der Waals surface area (Å²) in [5, 5.41) is 18.1. The van der Waals surface area contributed by atoms with E-state index in [1.807, 2.05) is 36.8 Å². The van der Waals surface area contributed by atoms with Crippen LogP contribution in [0.1, 0.15) is 36.5 Å². The SMILES string of the molecule is CCc1cc(O)ccc1/N=C(\N)c1cnn2cc(-c3cnc(OC)cc3C)cc2c1N[C@H]1C[C@@H](N)C1. The average Bonchev–Trinajstić information content (AvgIpc) is 3.28. The number of anilines is 1. The first-order valence-electron chi connectivity index (χ1n) is 12.1. The van der Waals surface area contributed by atoms with E-state index in [0.29, 0.717) is 17.3 Å². The lowest BCUT2D eigenvalue weighted by molar-refractivity contribution is 0.374. The van der Waals surface area contributed by atoms with Crippen molar-refractivity contribution < 1.29 is 9.84 Å². The lowest BCUT2D eigenvalue weighted by Crippen LogP contribution is -2.44. The Morgan fingerprint density at radius 2 is 2.06 bits per heavy atom. The first-order chi connectivity index (χ1) is 17.4. The van der Waals surface area contributed by atoms with Gasteiger partial charge in [0, 0.05) is 41.7 Å². The molecule has 1 fully saturated rings. The molecule has 0 atom stereocenters. The maximum Gasteiger partial charge on any atom is 0.213 e. The Hall–Kier alpha value is -4.11. The van der Waals surface area contributed by atoms with Crippen LogP contribution in [0.4, 0.5) is 11.4 Å². The highest BCUT2D eigenvalue weighted by atomic mass is 16.5. The van der Waals surface area contributed by atoms with Crippen LogP contribution in [0.15, 0.2) is 53.9 Å². The lowest BCUT2D eigenvalue weighted by atomic mass is 9.87. The number of rotatable bonds is 7. The van der Waals surface area contributed by atoms with Gasteiger partial charge in [0.15, 0.2) is 0 Å². The number of methoxy groups -OCH3 is 1. The van der Waals surface area contributed by atoms with Crippen molar-refractivity contribution in [2.24, 2.45) is 16.5 Å². The third kappa shape index (κ3) is 4.45. The fraction of sp³-hybridized carbons (Fsp3) is 0.296. The zero-order valence-electron chi connectivity index (χ0n) is 20.7. The summed E-state index contributed by atoms with van der Waals surface area (Å²) in [5.74, 6) is 1.13. The van der Waals surface area contributed by atoms with E-state index in [0.717, 1.165) is 58.4 Å². The number of phenols is 1. The van der Waals surface area contributed by atoms with E-state index in [1.165, 1.54) is 0 Å². The van der Waals surface area contributed by atoms with Crippen molar-refractivity contribution in [3.8, 4) is 22.8 Å². The number of aliphatic imine (C=N–C) groups is 1. The van der Waals surface area contributed by atoms with Crippen LogP contribution in [0.2, 0.25) is 0 Å². The first kappa shape index (κ1) is 23.6. The molecule has 6 N–H and O–H groups in total. The van der Waals surface area contributed by atoms with Crippen LogP contribution in [0, 0.1) is 6.92 Å². The molecular formula is C27H31N7O2. The van der Waals surface area contributed by atoms with Crippen molar-refractivity contribution in [2.45, 2.75) is 45.2 Å². The standard InChI is InChI=1S/C27H31N7O2/c1-4-16-8-20(35)5-6-23(16)33-27(29)22-13-31-34-14-17(21-12-30-25(36-3)7-15(21)2)9-24(34)26(22)32-19-10-18(28)11-19/h5-9,12-14,18-19,32,35H,4,10-11,28H2,1-3H3,(H2,29,33)/t18-,19+. The van der Waals surface area contributed by atoms with Gasteiger partial charge in [0.2, 0.25) is 5.88 Å². The molecule has 1 saturated carbocycles. The molecule has 0 radical (unpaired) electrons. The van der Waals surface area contributed by atoms with Crippen molar-refractivity contribution in [3.63, 3.8) is 0 Å². The third-order valence-corrected chi connectivity index (χ3v) is 6.73. The van der Waals surface area contributed by atoms with Gasteiger partial charge in [-0.3, -0.25) is 0 Å². The molecule has 36 heavy (non-hydrogen) atoms. The van der Waals surface area contributed by atoms with Crippen LogP contribution in [0.25, 0.3) is 16.6 Å². The van der Waals surface area contributed by atoms with E-state index in [9.17, 15) is 5.11 Å². The predicted molar refractivity (Wildman–Crippen MR) is 142 cm³/mol. The molecule has 1 aliphatic rings. The zero-order chi connectivity index (χ0) is 25.4. The number of nitrogens with two attached hydrogens (primary N) is 2. The van der Waals surface area contributed by atoms with E-state index < -0.39 is 0 Å². The zero-order valence-corrected chi connectivity index (χ0v) is 20.7. The molecule has 0 spiro atoms. The second kappa shape index (κ2) is 9.50. The molecule has 0 saturated heterocycles. The van der Waals surface area contributed by atoms with E-state index in [2.05, 4.69) is 21.5 Å². The van der Waals surface area contributed by atoms with Crippen LogP contribution in [0.3, 0.4) is 0 Å². The molecule has 0 amide bonds. The molecule has 5 rings (SSSR count). The Labute approximate surface area is 209 Å². The summed E-state index contributed by atoms with van der Waals surface area (Å²) in [5.41, 5.74) is 19.8. The fourth-order valence-corrected chi connectivity index (χ4v) is 4.63. The number of fused-ring (bicyclic) bond motifs is 1. The number of nitrogens with zero attached hydrogens (tertiary/aromatic N) is 4. The highest BCUT2D eigenvalue weighted by Gasteiger charge is 2.28. The molecule has 1 aromatic carbocycles. The largest absolute Gasteiger partial charge is 0.508 e. The van der Waals surface area contributed by atoms with E-state index in [-0.39, 0.29) is 17.8 Å². The van der Waals surface area contributed by atoms with Gasteiger partial charge < -0.3 is 26.6 Å². The summed E-state index contributed by atoms with van der Waals surface area (Å²) in [6.45, 7) is 4.05. The monoisotopic (exact) mass is 485 g/mol. The van der Waals surface area contributed by atoms with Gasteiger partial charge in [-0.15, -0.1) is 0 Å². The predicted octanol–water partition coefficient (Wildman–Crippen LogP) is 3.92. The Balaban J connectivity index is 1.61. The summed E-state index contributed by atoms with van der Waals surface area (Å²) in [4.78, 5) is 9.10. The second-order valence-electron chi connectivity index (χ2n) is 9.27. The van der Waals surface area contributed by atoms with Gasteiger partial charge in [0.25, 0.3) is 0 Å². The highest BCUT2D eigenvalue weighted by molar-refractivity contribution is 6.06. The van der Waals surface area contributed by atoms with E-state index >= 15 is 0 Å². The number of nitrogens with one attached hydrogen (secondary N) is 1. The topological polar surface area (TPSA) is 136 Å². The van der Waals surface area contributed by atoms with Crippen molar-refractivity contribution in [3.05, 3.63) is 65.6 Å². The van der Waals surface area contributed by atoms with Crippen LogP contribution in [0.5, 0.6) is 11.6 Å². The van der Waals surface area contributed by atoms with Crippen LogP contribution in [-0.4, -0.2) is 44.7 Å². The minimum absolute atomic E-state index is 0.203. The van der Waals surface area contributed by atoms with Crippen molar-refractivity contribution >= 4 is 22.7 Å². The Bertz CT molecular complexity index is 1450. The highest BCUT2D eigenvalue weighted by Crippen LogP contribution is 2.34. The third-order valence-electron chi connectivity index (χ3n) is 6.73. The van der Waals surface area contributed by atoms with E-state index in [4.69, 9.17) is 21.2 Å². The first-order valence-corrected chi connectivity index (χ1v) is 12.1. The fourth-order valence-electron chi connectivity index (χ4n) is 4.63. The Kier molecular flexibility index (Phi) is 6.24. The van der Waals surface area contributed by atoms with Gasteiger partial charge in [-0.05, 0) is 61.6 Å². The van der Waals surface area contributed by atoms with Crippen LogP contribution in [-0.2, 0) is 6.42 Å². The number of amidine groups is 1. The number of aryl methyl sites for hydroxylation is 2. The molecule has 0 bridgehead atoms. The smallest absolute Gasteiger partial charge is 0.213 e. The molecule has 0 unspecified atom stereocenters. The van der Waals surface area contributed by atoms with Crippen molar-refractivity contribution in [1.29, 1.82) is 0 Å². The average molecular weight is 486 g/mol. The molecule has 9 nitrogen and oxygen atoms in total. The molecule has 186 valence electrons. The number of benzene rings is 1. The van der Waals surface area contributed by atoms with Gasteiger partial charge in [-0.25, -0.2) is 14.5 Å². The molecule has 3 heterocycles. The number of aromatic nitrogens is 3. The molecule has 0 aliphatic heterocycles. The number of phenolic OH excluding ortho intramolecular Hbond substituents is 1. The molecular weight excluding hydrogens is 454 g/mol. The number of ether oxygens (including phenoxy) is 1. The summed E-state index contributed by atoms with van der Waals surface area (Å²) >= 11 is 0. The van der Waals surface area contributed by atoms with E-state index in [1.54, 1.807) is 31.5 Å². The van der Waals surface area contributed by atoms with Crippen molar-refractivity contribution in [2.75, 3.05) is 12.4 Å². The summed E-state index contributed by atoms with van der Waals surface area (Å²) in [6, 6.07) is 9.56. The summed E-state index contributed by atoms with van der Waals surface area (Å²) < 4.78 is 7.10. The van der Waals surface area contributed by atoms with Gasteiger partial charge >= 0.3 is 0 Å². The minimum atomic E-state index is 0.203. The number of pyridine rings is 1. The summed E-state index contributed by atoms with van der Waals surface area (Å²) in [7, 11) is 1.61. The molecule has 3 aromatic heterocycles. The molecule has 1 aliphatic carbocycles. The molecule has 9 heteroatoms. The van der Waals surface area contributed by atoms with Gasteiger partial charge in [-0.1, -0.05) is 6.92 Å².